The van der Waals surface area contributed by atoms with Gasteiger partial charge in [-0.3, -0.25) is 14.4 Å². The highest BCUT2D eigenvalue weighted by Crippen LogP contribution is 2.63. The van der Waals surface area contributed by atoms with Crippen LogP contribution >= 0.6 is 0 Å². The summed E-state index contributed by atoms with van der Waals surface area (Å²) in [6, 6.07) is 0. The second kappa shape index (κ2) is 5.30. The molecule has 1 N–H and O–H groups in total. The van der Waals surface area contributed by atoms with Gasteiger partial charge in [0.2, 0.25) is 0 Å². The Kier molecular flexibility index (Phi) is 3.78. The fraction of sp³-hybridized carbons (Fsp3) is 0.824. The van der Waals surface area contributed by atoms with Gasteiger partial charge in [0.05, 0.1) is 25.6 Å². The van der Waals surface area contributed by atoms with E-state index in [1.54, 1.807) is 0 Å². The topological polar surface area (TPSA) is 89.9 Å². The molecule has 0 bridgehead atoms. The molecule has 1 heterocycles. The first-order chi connectivity index (χ1) is 10.8. The van der Waals surface area contributed by atoms with E-state index >= 15 is 0 Å². The molecule has 0 aromatic heterocycles. The van der Waals surface area contributed by atoms with Crippen LogP contribution in [0.15, 0.2) is 0 Å². The zero-order valence-electron chi connectivity index (χ0n) is 13.8. The van der Waals surface area contributed by atoms with Gasteiger partial charge in [-0.2, -0.15) is 0 Å². The average Bonchev–Trinajstić information content (AvgIpc) is 2.49. The van der Waals surface area contributed by atoms with Gasteiger partial charge in [0.15, 0.2) is 5.78 Å². The molecule has 3 rings (SSSR count). The normalized spacial score (nSPS) is 46.4. The Hall–Kier alpha value is -1.43. The van der Waals surface area contributed by atoms with Crippen molar-refractivity contribution in [3.05, 3.63) is 0 Å². The summed E-state index contributed by atoms with van der Waals surface area (Å²) >= 11 is 0. The van der Waals surface area contributed by atoms with E-state index in [4.69, 9.17) is 9.47 Å². The van der Waals surface area contributed by atoms with E-state index in [0.717, 1.165) is 0 Å². The lowest BCUT2D eigenvalue weighted by Gasteiger charge is -2.60. The molecule has 128 valence electrons. The molecule has 0 aromatic carbocycles. The summed E-state index contributed by atoms with van der Waals surface area (Å²) in [4.78, 5) is 37.3. The molecule has 23 heavy (non-hydrogen) atoms. The summed E-state index contributed by atoms with van der Waals surface area (Å²) in [7, 11) is 1.33. The molecule has 0 spiro atoms. The highest BCUT2D eigenvalue weighted by molar-refractivity contribution is 5.91. The summed E-state index contributed by atoms with van der Waals surface area (Å²) in [5.41, 5.74) is -1.17. The fourth-order valence-corrected chi connectivity index (χ4v) is 5.40. The van der Waals surface area contributed by atoms with Gasteiger partial charge in [0.25, 0.3) is 0 Å². The van der Waals surface area contributed by atoms with Gasteiger partial charge in [-0.25, -0.2) is 0 Å². The van der Waals surface area contributed by atoms with Crippen LogP contribution in [0.4, 0.5) is 0 Å². The molecule has 2 saturated carbocycles. The van der Waals surface area contributed by atoms with E-state index in [9.17, 15) is 19.5 Å². The number of cyclic esters (lactones) is 1. The Morgan fingerprint density at radius 3 is 2.61 bits per heavy atom. The SMILES string of the molecule is COC(=O)[C@@H]1CC(O)C(=O)C2C3(C)CCOC(=O)[C@@H]3CC[C@]21C. The molecule has 1 saturated heterocycles. The Morgan fingerprint density at radius 1 is 1.26 bits per heavy atom. The van der Waals surface area contributed by atoms with E-state index in [0.29, 0.717) is 19.3 Å². The highest BCUT2D eigenvalue weighted by atomic mass is 16.5. The lowest BCUT2D eigenvalue weighted by molar-refractivity contribution is -0.199. The van der Waals surface area contributed by atoms with Crippen molar-refractivity contribution in [2.45, 2.75) is 45.6 Å². The molecule has 3 aliphatic rings. The molecule has 6 atom stereocenters. The number of ether oxygens (including phenoxy) is 2. The van der Waals surface area contributed by atoms with Crippen molar-refractivity contribution in [3.8, 4) is 0 Å². The number of hydrogen-bond acceptors (Lipinski definition) is 6. The van der Waals surface area contributed by atoms with Crippen molar-refractivity contribution < 1.29 is 29.0 Å². The van der Waals surface area contributed by atoms with E-state index in [1.807, 2.05) is 13.8 Å². The summed E-state index contributed by atoms with van der Waals surface area (Å²) in [5.74, 6) is -2.29. The first kappa shape index (κ1) is 16.4. The third kappa shape index (κ3) is 2.14. The van der Waals surface area contributed by atoms with E-state index < -0.39 is 28.8 Å². The van der Waals surface area contributed by atoms with Crippen LogP contribution in [0.5, 0.6) is 0 Å². The number of methoxy groups -OCH3 is 1. The maximum absolute atomic E-state index is 12.8. The van der Waals surface area contributed by atoms with Crippen molar-refractivity contribution >= 4 is 17.7 Å². The molecular weight excluding hydrogens is 300 g/mol. The van der Waals surface area contributed by atoms with Crippen molar-refractivity contribution in [1.29, 1.82) is 0 Å². The minimum absolute atomic E-state index is 0.101. The number of Topliss-reactive ketones (excluding diaryl/α,β-unsaturated/α-hetero) is 1. The minimum atomic E-state index is -1.18. The predicted octanol–water partition coefficient (Wildman–Crippen LogP) is 1.09. The third-order valence-corrected chi connectivity index (χ3v) is 6.61. The van der Waals surface area contributed by atoms with E-state index in [1.165, 1.54) is 7.11 Å². The molecule has 2 aliphatic carbocycles. The molecule has 0 amide bonds. The number of esters is 2. The molecule has 3 fully saturated rings. The Morgan fingerprint density at radius 2 is 1.96 bits per heavy atom. The average molecular weight is 324 g/mol. The van der Waals surface area contributed by atoms with Crippen molar-refractivity contribution in [3.63, 3.8) is 0 Å². The maximum atomic E-state index is 12.8. The summed E-state index contributed by atoms with van der Waals surface area (Å²) in [6.45, 7) is 4.15. The number of ketones is 1. The standard InChI is InChI=1S/C17H24O6/c1-16-5-4-9-15(21)23-7-6-17(9,2)13(16)12(19)11(18)8-10(16)14(20)22-3/h9-11,13,18H,4-8H2,1-3H3/t9-,10-,11?,13?,16-,17?/m0/s1. The quantitative estimate of drug-likeness (QED) is 0.726. The zero-order valence-corrected chi connectivity index (χ0v) is 13.8. The Bertz CT molecular complexity index is 557. The number of aliphatic hydroxyl groups excluding tert-OH is 1. The Balaban J connectivity index is 2.08. The van der Waals surface area contributed by atoms with Gasteiger partial charge in [0, 0.05) is 5.92 Å². The van der Waals surface area contributed by atoms with Crippen molar-refractivity contribution in [1.82, 2.24) is 0 Å². The number of fused-ring (bicyclic) bond motifs is 3. The molecule has 1 aliphatic heterocycles. The number of carbonyl (C=O) groups excluding carboxylic acids is 3. The van der Waals surface area contributed by atoms with E-state index in [-0.39, 0.29) is 36.7 Å². The van der Waals surface area contributed by atoms with Crippen LogP contribution in [0.25, 0.3) is 0 Å². The lowest BCUT2D eigenvalue weighted by Crippen LogP contribution is -2.64. The first-order valence-electron chi connectivity index (χ1n) is 8.22. The number of carbonyl (C=O) groups is 3. The summed E-state index contributed by atoms with van der Waals surface area (Å²) in [5, 5.41) is 10.2. The third-order valence-electron chi connectivity index (χ3n) is 6.61. The number of rotatable bonds is 1. The summed E-state index contributed by atoms with van der Waals surface area (Å²) < 4.78 is 10.1. The van der Waals surface area contributed by atoms with Crippen LogP contribution in [-0.2, 0) is 23.9 Å². The molecule has 6 heteroatoms. The largest absolute Gasteiger partial charge is 0.469 e. The van der Waals surface area contributed by atoms with E-state index in [2.05, 4.69) is 0 Å². The Labute approximate surface area is 135 Å². The van der Waals surface area contributed by atoms with Crippen LogP contribution in [0.3, 0.4) is 0 Å². The molecule has 0 aromatic rings. The van der Waals surface area contributed by atoms with Crippen LogP contribution < -0.4 is 0 Å². The molecular formula is C17H24O6. The predicted molar refractivity (Wildman–Crippen MR) is 79.1 cm³/mol. The number of hydrogen-bond donors (Lipinski definition) is 1. The maximum Gasteiger partial charge on any atom is 0.309 e. The monoisotopic (exact) mass is 324 g/mol. The minimum Gasteiger partial charge on any atom is -0.469 e. The zero-order chi connectivity index (χ0) is 17.0. The second-order valence-electron chi connectivity index (χ2n) is 7.68. The van der Waals surface area contributed by atoms with Crippen molar-refractivity contribution in [2.24, 2.45) is 28.6 Å². The van der Waals surface area contributed by atoms with Gasteiger partial charge in [-0.15, -0.1) is 0 Å². The molecule has 3 unspecified atom stereocenters. The van der Waals surface area contributed by atoms with Crippen LogP contribution in [0.1, 0.15) is 39.5 Å². The number of aliphatic hydroxyl groups is 1. The second-order valence-corrected chi connectivity index (χ2v) is 7.68. The summed E-state index contributed by atoms with van der Waals surface area (Å²) in [6.07, 6.45) is 0.676. The van der Waals surface area contributed by atoms with Gasteiger partial charge in [0.1, 0.15) is 6.10 Å². The molecule has 6 nitrogen and oxygen atoms in total. The van der Waals surface area contributed by atoms with Gasteiger partial charge < -0.3 is 14.6 Å². The highest BCUT2D eigenvalue weighted by Gasteiger charge is 2.66. The van der Waals surface area contributed by atoms with Gasteiger partial charge >= 0.3 is 11.9 Å². The van der Waals surface area contributed by atoms with Crippen LogP contribution in [0.2, 0.25) is 0 Å². The van der Waals surface area contributed by atoms with Gasteiger partial charge in [-0.1, -0.05) is 13.8 Å². The first-order valence-corrected chi connectivity index (χ1v) is 8.22. The lowest BCUT2D eigenvalue weighted by atomic mass is 9.43. The smallest absolute Gasteiger partial charge is 0.309 e. The molecule has 0 radical (unpaired) electrons. The fourth-order valence-electron chi connectivity index (χ4n) is 5.40. The van der Waals surface area contributed by atoms with Crippen LogP contribution in [-0.4, -0.2) is 42.6 Å². The van der Waals surface area contributed by atoms with Crippen LogP contribution in [0, 0.1) is 28.6 Å². The van der Waals surface area contributed by atoms with Gasteiger partial charge in [-0.05, 0) is 36.5 Å². The van der Waals surface area contributed by atoms with Crippen molar-refractivity contribution in [2.75, 3.05) is 13.7 Å².